The lowest BCUT2D eigenvalue weighted by Gasteiger charge is -2.19. The molecule has 1 fully saturated rings. The predicted molar refractivity (Wildman–Crippen MR) is 84.6 cm³/mol. The largest absolute Gasteiger partial charge is 0.343 e. The van der Waals surface area contributed by atoms with Gasteiger partial charge in [0.25, 0.3) is 0 Å². The molecule has 0 bridgehead atoms. The van der Waals surface area contributed by atoms with Gasteiger partial charge in [-0.05, 0) is 33.8 Å². The molecule has 1 saturated heterocycles. The number of nitrogens with zero attached hydrogens (tertiary/aromatic N) is 1. The summed E-state index contributed by atoms with van der Waals surface area (Å²) >= 11 is 3.12. The fraction of sp³-hybridized carbons (Fsp3) is 0.267. The van der Waals surface area contributed by atoms with E-state index in [4.69, 9.17) is 0 Å². The van der Waals surface area contributed by atoms with Gasteiger partial charge in [0.1, 0.15) is 6.54 Å². The molecule has 3 rings (SSSR count). The Labute approximate surface area is 135 Å². The molecule has 5 nitrogen and oxygen atoms in total. The quantitative estimate of drug-likeness (QED) is 0.852. The standard InChI is InChI=1S/C15H14N2O3S2/c18-12(8-17-13(19)3-4-14(17)20)16-15(10-5-7-21-9-10)11-2-1-6-22-11/h1-2,5-7,9,15H,3-4,8H2,(H,16,18). The highest BCUT2D eigenvalue weighted by molar-refractivity contribution is 7.10. The second-order valence-electron chi connectivity index (χ2n) is 4.95. The Bertz CT molecular complexity index is 629. The van der Waals surface area contributed by atoms with E-state index in [-0.39, 0.29) is 43.1 Å². The molecule has 1 atom stereocenters. The topological polar surface area (TPSA) is 66.5 Å². The van der Waals surface area contributed by atoms with Crippen LogP contribution in [0.25, 0.3) is 0 Å². The Morgan fingerprint density at radius 3 is 2.59 bits per heavy atom. The van der Waals surface area contributed by atoms with Gasteiger partial charge in [0, 0.05) is 17.7 Å². The number of rotatable bonds is 5. The van der Waals surface area contributed by atoms with Crippen LogP contribution in [0.2, 0.25) is 0 Å². The molecule has 1 aliphatic rings. The molecule has 0 aliphatic carbocycles. The van der Waals surface area contributed by atoms with E-state index in [0.29, 0.717) is 0 Å². The van der Waals surface area contributed by atoms with Gasteiger partial charge in [-0.3, -0.25) is 19.3 Å². The molecule has 0 spiro atoms. The molecular formula is C15H14N2O3S2. The van der Waals surface area contributed by atoms with Gasteiger partial charge in [-0.1, -0.05) is 6.07 Å². The van der Waals surface area contributed by atoms with Crippen LogP contribution >= 0.6 is 22.7 Å². The summed E-state index contributed by atoms with van der Waals surface area (Å²) in [5.74, 6) is -0.875. The highest BCUT2D eigenvalue weighted by atomic mass is 32.1. The normalized spacial score (nSPS) is 16.1. The third-order valence-corrected chi connectivity index (χ3v) is 5.10. The van der Waals surface area contributed by atoms with E-state index in [1.165, 1.54) is 0 Å². The monoisotopic (exact) mass is 334 g/mol. The smallest absolute Gasteiger partial charge is 0.240 e. The first-order valence-electron chi connectivity index (χ1n) is 6.83. The summed E-state index contributed by atoms with van der Waals surface area (Å²) in [4.78, 5) is 37.5. The zero-order chi connectivity index (χ0) is 15.5. The zero-order valence-electron chi connectivity index (χ0n) is 11.7. The van der Waals surface area contributed by atoms with Crippen LogP contribution in [-0.2, 0) is 14.4 Å². The van der Waals surface area contributed by atoms with Gasteiger partial charge in [-0.25, -0.2) is 0 Å². The molecule has 7 heteroatoms. The fourth-order valence-corrected chi connectivity index (χ4v) is 3.85. The Morgan fingerprint density at radius 2 is 2.00 bits per heavy atom. The average Bonchev–Trinajstić information content (AvgIpc) is 3.23. The summed E-state index contributed by atoms with van der Waals surface area (Å²) in [6, 6.07) is 5.60. The molecule has 2 aromatic heterocycles. The van der Waals surface area contributed by atoms with Crippen LogP contribution in [-0.4, -0.2) is 29.2 Å². The minimum absolute atomic E-state index is 0.199. The minimum Gasteiger partial charge on any atom is -0.343 e. The van der Waals surface area contributed by atoms with Gasteiger partial charge in [-0.2, -0.15) is 11.3 Å². The van der Waals surface area contributed by atoms with Crippen molar-refractivity contribution in [3.05, 3.63) is 44.8 Å². The van der Waals surface area contributed by atoms with Crippen molar-refractivity contribution in [1.29, 1.82) is 0 Å². The maximum absolute atomic E-state index is 12.2. The molecule has 114 valence electrons. The van der Waals surface area contributed by atoms with Crippen molar-refractivity contribution >= 4 is 40.4 Å². The van der Waals surface area contributed by atoms with Gasteiger partial charge >= 0.3 is 0 Å². The van der Waals surface area contributed by atoms with Crippen LogP contribution in [0.1, 0.15) is 29.3 Å². The first kappa shape index (κ1) is 14.9. The summed E-state index contributed by atoms with van der Waals surface area (Å²) in [7, 11) is 0. The second-order valence-corrected chi connectivity index (χ2v) is 6.71. The summed E-state index contributed by atoms with van der Waals surface area (Å²) in [5, 5.41) is 8.81. The molecule has 1 unspecified atom stereocenters. The molecular weight excluding hydrogens is 320 g/mol. The number of amides is 3. The maximum atomic E-state index is 12.2. The second kappa shape index (κ2) is 6.41. The Hall–Kier alpha value is -1.99. The van der Waals surface area contributed by atoms with Crippen molar-refractivity contribution in [3.8, 4) is 0 Å². The van der Waals surface area contributed by atoms with Gasteiger partial charge < -0.3 is 5.32 Å². The average molecular weight is 334 g/mol. The van der Waals surface area contributed by atoms with Gasteiger partial charge in [0.05, 0.1) is 6.04 Å². The third-order valence-electron chi connectivity index (χ3n) is 3.47. The van der Waals surface area contributed by atoms with Crippen LogP contribution in [0.5, 0.6) is 0 Å². The maximum Gasteiger partial charge on any atom is 0.240 e. The predicted octanol–water partition coefficient (Wildman–Crippen LogP) is 2.16. The Kier molecular flexibility index (Phi) is 4.35. The number of hydrogen-bond donors (Lipinski definition) is 1. The molecule has 3 amide bonds. The first-order chi connectivity index (χ1) is 10.6. The van der Waals surface area contributed by atoms with Crippen molar-refractivity contribution < 1.29 is 14.4 Å². The highest BCUT2D eigenvalue weighted by Gasteiger charge is 2.31. The van der Waals surface area contributed by atoms with Crippen LogP contribution in [0, 0.1) is 0 Å². The number of imide groups is 1. The highest BCUT2D eigenvalue weighted by Crippen LogP contribution is 2.27. The molecule has 0 aromatic carbocycles. The summed E-state index contributed by atoms with van der Waals surface area (Å²) < 4.78 is 0. The van der Waals surface area contributed by atoms with E-state index in [1.54, 1.807) is 22.7 Å². The van der Waals surface area contributed by atoms with E-state index in [0.717, 1.165) is 15.3 Å². The van der Waals surface area contributed by atoms with Crippen molar-refractivity contribution in [2.24, 2.45) is 0 Å². The molecule has 1 N–H and O–H groups in total. The molecule has 22 heavy (non-hydrogen) atoms. The molecule has 1 aliphatic heterocycles. The van der Waals surface area contributed by atoms with E-state index < -0.39 is 0 Å². The molecule has 3 heterocycles. The van der Waals surface area contributed by atoms with E-state index in [2.05, 4.69) is 5.32 Å². The van der Waals surface area contributed by atoms with Crippen molar-refractivity contribution in [2.75, 3.05) is 6.54 Å². The van der Waals surface area contributed by atoms with Gasteiger partial charge in [0.15, 0.2) is 0 Å². The van der Waals surface area contributed by atoms with E-state index >= 15 is 0 Å². The van der Waals surface area contributed by atoms with Crippen LogP contribution in [0.4, 0.5) is 0 Å². The number of nitrogens with one attached hydrogen (secondary N) is 1. The zero-order valence-corrected chi connectivity index (χ0v) is 13.3. The van der Waals surface area contributed by atoms with E-state index in [1.807, 2.05) is 34.3 Å². The van der Waals surface area contributed by atoms with Gasteiger partial charge in [-0.15, -0.1) is 11.3 Å². The Morgan fingerprint density at radius 1 is 1.23 bits per heavy atom. The van der Waals surface area contributed by atoms with Gasteiger partial charge in [0.2, 0.25) is 17.7 Å². The SMILES string of the molecule is O=C(CN1C(=O)CCC1=O)NC(c1ccsc1)c1cccs1. The summed E-state index contributed by atoms with van der Waals surface area (Å²) in [5.41, 5.74) is 1.000. The molecule has 0 saturated carbocycles. The molecule has 2 aromatic rings. The number of likely N-dealkylation sites (tertiary alicyclic amines) is 1. The minimum atomic E-state index is -0.326. The number of carbonyl (C=O) groups is 3. The lowest BCUT2D eigenvalue weighted by atomic mass is 10.1. The van der Waals surface area contributed by atoms with Crippen molar-refractivity contribution in [3.63, 3.8) is 0 Å². The van der Waals surface area contributed by atoms with Crippen molar-refractivity contribution in [1.82, 2.24) is 10.2 Å². The first-order valence-corrected chi connectivity index (χ1v) is 8.65. The lowest BCUT2D eigenvalue weighted by Crippen LogP contribution is -2.41. The van der Waals surface area contributed by atoms with Crippen LogP contribution in [0.3, 0.4) is 0 Å². The fourth-order valence-electron chi connectivity index (χ4n) is 2.36. The number of hydrogen-bond acceptors (Lipinski definition) is 5. The van der Waals surface area contributed by atoms with E-state index in [9.17, 15) is 14.4 Å². The number of thiophene rings is 2. The summed E-state index contributed by atoms with van der Waals surface area (Å²) in [6.45, 7) is -0.205. The number of carbonyl (C=O) groups excluding carboxylic acids is 3. The van der Waals surface area contributed by atoms with Crippen molar-refractivity contribution in [2.45, 2.75) is 18.9 Å². The van der Waals surface area contributed by atoms with Crippen LogP contribution < -0.4 is 5.32 Å². The third kappa shape index (κ3) is 3.10. The Balaban J connectivity index is 1.72. The molecule has 0 radical (unpaired) electrons. The lowest BCUT2D eigenvalue weighted by molar-refractivity contribution is -0.142. The summed E-state index contributed by atoms with van der Waals surface area (Å²) in [6.07, 6.45) is 0.399. The van der Waals surface area contributed by atoms with Crippen LogP contribution in [0.15, 0.2) is 34.3 Å².